The zero-order chi connectivity index (χ0) is 19.1. The Bertz CT molecular complexity index is 582. The molecule has 0 N–H and O–H groups in total. The Labute approximate surface area is 144 Å². The first-order valence-corrected chi connectivity index (χ1v) is 7.31. The molecule has 1 aliphatic rings. The summed E-state index contributed by atoms with van der Waals surface area (Å²) in [6, 6.07) is 0. The van der Waals surface area contributed by atoms with Crippen molar-refractivity contribution in [1.82, 2.24) is 0 Å². The number of nitrogens with zero attached hydrogens (tertiary/aromatic N) is 1. The number of methoxy groups -OCH3 is 1. The Morgan fingerprint density at radius 3 is 2.08 bits per heavy atom. The van der Waals surface area contributed by atoms with E-state index in [-0.39, 0.29) is 0 Å². The SMILES string of the molecule is [C-]#[N+]CC(=O)OC1OC(C(=O)OC)C(C)C(OC(C)=O)C1OC(C)=O. The summed E-state index contributed by atoms with van der Waals surface area (Å²) in [4.78, 5) is 49.2. The van der Waals surface area contributed by atoms with E-state index >= 15 is 0 Å². The van der Waals surface area contributed by atoms with Crippen molar-refractivity contribution >= 4 is 23.9 Å². The highest BCUT2D eigenvalue weighted by molar-refractivity contribution is 5.76. The molecule has 0 bridgehead atoms. The van der Waals surface area contributed by atoms with Gasteiger partial charge < -0.3 is 28.5 Å². The molecule has 1 heterocycles. The predicted octanol–water partition coefficient (Wildman–Crippen LogP) is -0.154. The van der Waals surface area contributed by atoms with Gasteiger partial charge in [0, 0.05) is 19.8 Å². The molecule has 0 saturated carbocycles. The number of carbonyl (C=O) groups is 4. The first-order chi connectivity index (χ1) is 11.7. The average Bonchev–Trinajstić information content (AvgIpc) is 2.52. The molecule has 0 spiro atoms. The summed E-state index contributed by atoms with van der Waals surface area (Å²) in [6.07, 6.45) is -5.19. The molecule has 10 heteroatoms. The van der Waals surface area contributed by atoms with Crippen LogP contribution in [0.3, 0.4) is 0 Å². The fraction of sp³-hybridized carbons (Fsp3) is 0.667. The van der Waals surface area contributed by atoms with E-state index in [4.69, 9.17) is 25.5 Å². The van der Waals surface area contributed by atoms with Crippen molar-refractivity contribution in [3.8, 4) is 0 Å². The highest BCUT2D eigenvalue weighted by Crippen LogP contribution is 2.32. The van der Waals surface area contributed by atoms with Gasteiger partial charge in [-0.15, -0.1) is 0 Å². The van der Waals surface area contributed by atoms with Crippen LogP contribution < -0.4 is 0 Å². The molecule has 1 aliphatic heterocycles. The number of rotatable bonds is 5. The summed E-state index contributed by atoms with van der Waals surface area (Å²) < 4.78 is 25.3. The van der Waals surface area contributed by atoms with Crippen LogP contribution in [0.1, 0.15) is 20.8 Å². The Morgan fingerprint density at radius 2 is 1.60 bits per heavy atom. The molecule has 10 nitrogen and oxygen atoms in total. The third-order valence-corrected chi connectivity index (χ3v) is 3.36. The van der Waals surface area contributed by atoms with Crippen molar-refractivity contribution in [3.05, 3.63) is 11.4 Å². The predicted molar refractivity (Wildman–Crippen MR) is 78.5 cm³/mol. The van der Waals surface area contributed by atoms with Crippen molar-refractivity contribution in [3.63, 3.8) is 0 Å². The van der Waals surface area contributed by atoms with Crippen molar-refractivity contribution in [2.24, 2.45) is 5.92 Å². The van der Waals surface area contributed by atoms with E-state index in [1.54, 1.807) is 0 Å². The van der Waals surface area contributed by atoms with Crippen LogP contribution in [-0.4, -0.2) is 62.1 Å². The van der Waals surface area contributed by atoms with E-state index < -0.39 is 60.9 Å². The van der Waals surface area contributed by atoms with E-state index in [9.17, 15) is 19.2 Å². The van der Waals surface area contributed by atoms with E-state index in [1.165, 1.54) is 6.92 Å². The molecule has 1 rings (SSSR count). The maximum absolute atomic E-state index is 11.9. The smallest absolute Gasteiger partial charge is 0.389 e. The lowest BCUT2D eigenvalue weighted by molar-refractivity contribution is -0.280. The summed E-state index contributed by atoms with van der Waals surface area (Å²) in [7, 11) is 1.14. The van der Waals surface area contributed by atoms with E-state index in [1.807, 2.05) is 0 Å². The summed E-state index contributed by atoms with van der Waals surface area (Å²) in [5, 5.41) is 0. The minimum atomic E-state index is -1.54. The van der Waals surface area contributed by atoms with Gasteiger partial charge in [-0.25, -0.2) is 16.2 Å². The van der Waals surface area contributed by atoms with Crippen LogP contribution in [0.2, 0.25) is 0 Å². The highest BCUT2D eigenvalue weighted by Gasteiger charge is 2.52. The molecule has 0 aromatic carbocycles. The molecule has 138 valence electrons. The second-order valence-corrected chi connectivity index (χ2v) is 5.26. The number of hydrogen-bond donors (Lipinski definition) is 0. The largest absolute Gasteiger partial charge is 0.467 e. The first kappa shape index (κ1) is 20.4. The van der Waals surface area contributed by atoms with E-state index in [2.05, 4.69) is 9.58 Å². The van der Waals surface area contributed by atoms with Gasteiger partial charge in [-0.3, -0.25) is 9.59 Å². The highest BCUT2D eigenvalue weighted by atomic mass is 16.7. The Hall–Kier alpha value is -2.67. The van der Waals surface area contributed by atoms with Crippen molar-refractivity contribution in [1.29, 1.82) is 0 Å². The molecule has 0 amide bonds. The fourth-order valence-corrected chi connectivity index (χ4v) is 2.37. The van der Waals surface area contributed by atoms with Crippen LogP contribution in [0.25, 0.3) is 4.85 Å². The zero-order valence-electron chi connectivity index (χ0n) is 14.2. The Balaban J connectivity index is 3.19. The second kappa shape index (κ2) is 8.98. The number of ether oxygens (including phenoxy) is 5. The number of esters is 4. The third kappa shape index (κ3) is 5.42. The van der Waals surface area contributed by atoms with E-state index in [0.717, 1.165) is 21.0 Å². The van der Waals surface area contributed by atoms with Crippen LogP contribution in [0.15, 0.2) is 0 Å². The van der Waals surface area contributed by atoms with Crippen molar-refractivity contribution in [2.45, 2.75) is 45.4 Å². The maximum atomic E-state index is 11.9. The maximum Gasteiger partial charge on any atom is 0.389 e. The molecule has 25 heavy (non-hydrogen) atoms. The molecule has 0 aromatic heterocycles. The summed E-state index contributed by atoms with van der Waals surface area (Å²) in [5.74, 6) is -3.91. The molecule has 0 aromatic rings. The molecule has 0 radical (unpaired) electrons. The second-order valence-electron chi connectivity index (χ2n) is 5.26. The van der Waals surface area contributed by atoms with Gasteiger partial charge in [-0.05, 0) is 0 Å². The van der Waals surface area contributed by atoms with Gasteiger partial charge in [-0.2, -0.15) is 0 Å². The lowest BCUT2D eigenvalue weighted by Crippen LogP contribution is -2.59. The van der Waals surface area contributed by atoms with Crippen LogP contribution in [0, 0.1) is 12.5 Å². The van der Waals surface area contributed by atoms with E-state index in [0.29, 0.717) is 0 Å². The monoisotopic (exact) mass is 357 g/mol. The standard InChI is InChI=1S/C15H19NO9/c1-7-11(22-8(2)17)13(23-9(3)18)15(24-10(19)6-16-4)25-12(7)14(20)21-5/h7,11-13,15H,6H2,1-3,5H3. The minimum Gasteiger partial charge on any atom is -0.467 e. The van der Waals surface area contributed by atoms with Crippen molar-refractivity contribution in [2.75, 3.05) is 13.7 Å². The quantitative estimate of drug-likeness (QED) is 0.376. The third-order valence-electron chi connectivity index (χ3n) is 3.36. The molecule has 1 fully saturated rings. The Morgan fingerprint density at radius 1 is 1.04 bits per heavy atom. The van der Waals surface area contributed by atoms with Gasteiger partial charge in [-0.1, -0.05) is 6.92 Å². The van der Waals surface area contributed by atoms with Crippen LogP contribution in [-0.2, 0) is 42.9 Å². The molecule has 5 atom stereocenters. The normalized spacial score (nSPS) is 28.2. The Kier molecular flexibility index (Phi) is 7.32. The lowest BCUT2D eigenvalue weighted by atomic mass is 9.90. The van der Waals surface area contributed by atoms with Crippen molar-refractivity contribution < 1.29 is 42.9 Å². The molecular formula is C15H19NO9. The van der Waals surface area contributed by atoms with Gasteiger partial charge in [0.25, 0.3) is 0 Å². The average molecular weight is 357 g/mol. The van der Waals surface area contributed by atoms with Gasteiger partial charge in [0.05, 0.1) is 7.11 Å². The molecule has 5 unspecified atom stereocenters. The molecular weight excluding hydrogens is 338 g/mol. The summed E-state index contributed by atoms with van der Waals surface area (Å²) in [6.45, 7) is 9.86. The van der Waals surface area contributed by atoms with Crippen LogP contribution >= 0.6 is 0 Å². The topological polar surface area (TPSA) is 119 Å². The lowest BCUT2D eigenvalue weighted by Gasteiger charge is -2.42. The van der Waals surface area contributed by atoms with Crippen LogP contribution in [0.4, 0.5) is 0 Å². The fourth-order valence-electron chi connectivity index (χ4n) is 2.37. The molecule has 1 saturated heterocycles. The van der Waals surface area contributed by atoms with Crippen LogP contribution in [0.5, 0.6) is 0 Å². The van der Waals surface area contributed by atoms with Gasteiger partial charge in [0.2, 0.25) is 12.4 Å². The van der Waals surface area contributed by atoms with Gasteiger partial charge in [0.15, 0.2) is 12.2 Å². The summed E-state index contributed by atoms with van der Waals surface area (Å²) >= 11 is 0. The summed E-state index contributed by atoms with van der Waals surface area (Å²) in [5.41, 5.74) is 0. The molecule has 0 aliphatic carbocycles. The number of hydrogen-bond acceptors (Lipinski definition) is 9. The first-order valence-electron chi connectivity index (χ1n) is 7.31. The number of carbonyl (C=O) groups excluding carboxylic acids is 4. The zero-order valence-corrected chi connectivity index (χ0v) is 14.2. The minimum absolute atomic E-state index is 0.594. The van der Waals surface area contributed by atoms with Gasteiger partial charge >= 0.3 is 30.4 Å². The van der Waals surface area contributed by atoms with Gasteiger partial charge in [0.1, 0.15) is 0 Å².